The zero-order chi connectivity index (χ0) is 14.4. The predicted octanol–water partition coefficient (Wildman–Crippen LogP) is 2.39. The molecule has 1 amide bonds. The summed E-state index contributed by atoms with van der Waals surface area (Å²) in [6.07, 6.45) is 6.76. The first kappa shape index (κ1) is 14.8. The lowest BCUT2D eigenvalue weighted by Crippen LogP contribution is -2.24. The fourth-order valence-corrected chi connectivity index (χ4v) is 2.43. The molecule has 110 valence electrons. The van der Waals surface area contributed by atoms with E-state index in [0.717, 1.165) is 31.4 Å². The van der Waals surface area contributed by atoms with Crippen molar-refractivity contribution in [3.63, 3.8) is 0 Å². The van der Waals surface area contributed by atoms with E-state index in [2.05, 4.69) is 15.6 Å². The summed E-state index contributed by atoms with van der Waals surface area (Å²) in [6, 6.07) is 3.64. The molecule has 1 fully saturated rings. The Morgan fingerprint density at radius 1 is 1.40 bits per heavy atom. The number of carbonyl (C=O) groups excluding carboxylic acids is 1. The average Bonchev–Trinajstić information content (AvgIpc) is 2.47. The highest BCUT2D eigenvalue weighted by molar-refractivity contribution is 5.92. The van der Waals surface area contributed by atoms with Gasteiger partial charge in [-0.1, -0.05) is 19.3 Å². The van der Waals surface area contributed by atoms with Gasteiger partial charge in [0.25, 0.3) is 0 Å². The van der Waals surface area contributed by atoms with Gasteiger partial charge in [-0.05, 0) is 31.9 Å². The van der Waals surface area contributed by atoms with E-state index in [0.29, 0.717) is 12.4 Å². The Balaban J connectivity index is 1.84. The SMILES string of the molecule is CC(O)CNc1ccc(NC(=O)C2CCCCC2)cn1. The number of aromatic nitrogens is 1. The molecule has 5 heteroatoms. The van der Waals surface area contributed by atoms with Gasteiger partial charge in [0.15, 0.2) is 0 Å². The van der Waals surface area contributed by atoms with Crippen LogP contribution in [0.3, 0.4) is 0 Å². The maximum absolute atomic E-state index is 12.1. The highest BCUT2D eigenvalue weighted by Crippen LogP contribution is 2.24. The molecule has 0 radical (unpaired) electrons. The molecule has 20 heavy (non-hydrogen) atoms. The summed E-state index contributed by atoms with van der Waals surface area (Å²) in [5, 5.41) is 15.1. The van der Waals surface area contributed by atoms with Gasteiger partial charge in [0.05, 0.1) is 18.0 Å². The largest absolute Gasteiger partial charge is 0.392 e. The van der Waals surface area contributed by atoms with Crippen molar-refractivity contribution in [1.82, 2.24) is 4.98 Å². The van der Waals surface area contributed by atoms with Crippen molar-refractivity contribution in [3.05, 3.63) is 18.3 Å². The van der Waals surface area contributed by atoms with Crippen molar-refractivity contribution in [2.24, 2.45) is 5.92 Å². The Kier molecular flexibility index (Phi) is 5.35. The number of aliphatic hydroxyl groups excluding tert-OH is 1. The normalized spacial score (nSPS) is 17.5. The standard InChI is InChI=1S/C15H23N3O2/c1-11(19)9-16-14-8-7-13(10-17-14)18-15(20)12-5-3-2-4-6-12/h7-8,10-12,19H,2-6,9H2,1H3,(H,16,17)(H,18,20). The van der Waals surface area contributed by atoms with Crippen molar-refractivity contribution in [1.29, 1.82) is 0 Å². The second-order valence-corrected chi connectivity index (χ2v) is 5.49. The molecule has 1 saturated carbocycles. The van der Waals surface area contributed by atoms with Crippen molar-refractivity contribution in [3.8, 4) is 0 Å². The van der Waals surface area contributed by atoms with E-state index >= 15 is 0 Å². The van der Waals surface area contributed by atoms with E-state index in [9.17, 15) is 9.90 Å². The molecule has 5 nitrogen and oxygen atoms in total. The second kappa shape index (κ2) is 7.24. The first-order valence-electron chi connectivity index (χ1n) is 7.34. The summed E-state index contributed by atoms with van der Waals surface area (Å²) < 4.78 is 0. The molecule has 1 atom stereocenters. The third kappa shape index (κ3) is 4.49. The van der Waals surface area contributed by atoms with E-state index in [1.165, 1.54) is 6.42 Å². The number of anilines is 2. The van der Waals surface area contributed by atoms with Gasteiger partial charge >= 0.3 is 0 Å². The number of nitrogens with zero attached hydrogens (tertiary/aromatic N) is 1. The highest BCUT2D eigenvalue weighted by atomic mass is 16.3. The molecule has 1 aliphatic rings. The lowest BCUT2D eigenvalue weighted by molar-refractivity contribution is -0.120. The molecular weight excluding hydrogens is 254 g/mol. The Morgan fingerprint density at radius 2 is 2.15 bits per heavy atom. The molecule has 0 aliphatic heterocycles. The molecule has 1 unspecified atom stereocenters. The van der Waals surface area contributed by atoms with Crippen LogP contribution < -0.4 is 10.6 Å². The highest BCUT2D eigenvalue weighted by Gasteiger charge is 2.20. The van der Waals surface area contributed by atoms with Gasteiger partial charge in [0.2, 0.25) is 5.91 Å². The van der Waals surface area contributed by atoms with Gasteiger partial charge in [-0.25, -0.2) is 4.98 Å². The Morgan fingerprint density at radius 3 is 2.75 bits per heavy atom. The summed E-state index contributed by atoms with van der Waals surface area (Å²) >= 11 is 0. The Labute approximate surface area is 119 Å². The number of pyridine rings is 1. The fraction of sp³-hybridized carbons (Fsp3) is 0.600. The predicted molar refractivity (Wildman–Crippen MR) is 79.6 cm³/mol. The fourth-order valence-electron chi connectivity index (χ4n) is 2.43. The van der Waals surface area contributed by atoms with Crippen LogP contribution in [0.1, 0.15) is 39.0 Å². The molecule has 1 aliphatic carbocycles. The molecule has 0 spiro atoms. The third-order valence-electron chi connectivity index (χ3n) is 3.59. The summed E-state index contributed by atoms with van der Waals surface area (Å²) in [7, 11) is 0. The van der Waals surface area contributed by atoms with Crippen LogP contribution in [0.2, 0.25) is 0 Å². The zero-order valence-corrected chi connectivity index (χ0v) is 11.9. The zero-order valence-electron chi connectivity index (χ0n) is 11.9. The van der Waals surface area contributed by atoms with Crippen LogP contribution in [-0.4, -0.2) is 28.6 Å². The van der Waals surface area contributed by atoms with Crippen LogP contribution in [0.15, 0.2) is 18.3 Å². The summed E-state index contributed by atoms with van der Waals surface area (Å²) in [5.41, 5.74) is 0.725. The summed E-state index contributed by atoms with van der Waals surface area (Å²) in [4.78, 5) is 16.3. The minimum Gasteiger partial charge on any atom is -0.392 e. The van der Waals surface area contributed by atoms with E-state index in [4.69, 9.17) is 0 Å². The lowest BCUT2D eigenvalue weighted by Gasteiger charge is -2.20. The number of aliphatic hydroxyl groups is 1. The van der Waals surface area contributed by atoms with Gasteiger partial charge in [0, 0.05) is 12.5 Å². The molecule has 3 N–H and O–H groups in total. The maximum atomic E-state index is 12.1. The topological polar surface area (TPSA) is 74.2 Å². The maximum Gasteiger partial charge on any atom is 0.227 e. The number of nitrogens with one attached hydrogen (secondary N) is 2. The minimum absolute atomic E-state index is 0.108. The van der Waals surface area contributed by atoms with Gasteiger partial charge in [0.1, 0.15) is 5.82 Å². The molecular formula is C15H23N3O2. The smallest absolute Gasteiger partial charge is 0.227 e. The van der Waals surface area contributed by atoms with Crippen molar-refractivity contribution >= 4 is 17.4 Å². The quantitative estimate of drug-likeness (QED) is 0.772. The first-order valence-corrected chi connectivity index (χ1v) is 7.34. The molecule has 2 rings (SSSR count). The molecule has 0 aromatic carbocycles. The number of rotatable bonds is 5. The molecule has 0 bridgehead atoms. The number of carbonyl (C=O) groups is 1. The van der Waals surface area contributed by atoms with Crippen molar-refractivity contribution < 1.29 is 9.90 Å². The molecule has 1 heterocycles. The van der Waals surface area contributed by atoms with Gasteiger partial charge in [-0.2, -0.15) is 0 Å². The van der Waals surface area contributed by atoms with Crippen LogP contribution in [0.4, 0.5) is 11.5 Å². The summed E-state index contributed by atoms with van der Waals surface area (Å²) in [5.74, 6) is 0.953. The molecule has 1 aromatic rings. The Hall–Kier alpha value is -1.62. The number of amides is 1. The third-order valence-corrected chi connectivity index (χ3v) is 3.59. The molecule has 0 saturated heterocycles. The first-order chi connectivity index (χ1) is 9.65. The van der Waals surface area contributed by atoms with E-state index in [-0.39, 0.29) is 11.8 Å². The van der Waals surface area contributed by atoms with Gasteiger partial charge in [-0.3, -0.25) is 4.79 Å². The lowest BCUT2D eigenvalue weighted by atomic mass is 9.88. The second-order valence-electron chi connectivity index (χ2n) is 5.49. The van der Waals surface area contributed by atoms with Crippen LogP contribution in [0, 0.1) is 5.92 Å². The van der Waals surface area contributed by atoms with Crippen LogP contribution in [0.25, 0.3) is 0 Å². The van der Waals surface area contributed by atoms with E-state index in [1.807, 2.05) is 6.07 Å². The monoisotopic (exact) mass is 277 g/mol. The number of hydrogen-bond donors (Lipinski definition) is 3. The van der Waals surface area contributed by atoms with Gasteiger partial charge in [-0.15, -0.1) is 0 Å². The van der Waals surface area contributed by atoms with Crippen LogP contribution in [-0.2, 0) is 4.79 Å². The minimum atomic E-state index is -0.414. The number of hydrogen-bond acceptors (Lipinski definition) is 4. The van der Waals surface area contributed by atoms with E-state index in [1.54, 1.807) is 19.2 Å². The average molecular weight is 277 g/mol. The van der Waals surface area contributed by atoms with Crippen LogP contribution in [0.5, 0.6) is 0 Å². The summed E-state index contributed by atoms with van der Waals surface area (Å²) in [6.45, 7) is 2.17. The van der Waals surface area contributed by atoms with Gasteiger partial charge < -0.3 is 15.7 Å². The van der Waals surface area contributed by atoms with Crippen LogP contribution >= 0.6 is 0 Å². The molecule has 1 aromatic heterocycles. The van der Waals surface area contributed by atoms with Crippen molar-refractivity contribution in [2.75, 3.05) is 17.2 Å². The van der Waals surface area contributed by atoms with E-state index < -0.39 is 6.10 Å². The van der Waals surface area contributed by atoms with Crippen molar-refractivity contribution in [2.45, 2.75) is 45.1 Å². The Bertz CT molecular complexity index is 425.